The minimum absolute atomic E-state index is 0.0592. The summed E-state index contributed by atoms with van der Waals surface area (Å²) >= 11 is 0. The van der Waals surface area contributed by atoms with Crippen molar-refractivity contribution in [1.82, 2.24) is 25.4 Å². The molecule has 0 saturated carbocycles. The zero-order chi connectivity index (χ0) is 18.0. The van der Waals surface area contributed by atoms with Crippen LogP contribution in [-0.2, 0) is 11.3 Å². The van der Waals surface area contributed by atoms with Gasteiger partial charge < -0.3 is 24.8 Å². The highest BCUT2D eigenvalue weighted by Crippen LogP contribution is 2.27. The number of amides is 2. The van der Waals surface area contributed by atoms with Gasteiger partial charge in [0.2, 0.25) is 5.88 Å². The lowest BCUT2D eigenvalue weighted by atomic mass is 10.2. The summed E-state index contributed by atoms with van der Waals surface area (Å²) in [7, 11) is 5.09. The number of likely N-dealkylation sites (N-methyl/N-ethyl adjacent to an activating group) is 1. The van der Waals surface area contributed by atoms with Crippen molar-refractivity contribution in [2.75, 3.05) is 39.7 Å². The number of likely N-dealkylation sites (tertiary alicyclic amines) is 1. The van der Waals surface area contributed by atoms with E-state index >= 15 is 0 Å². The molecule has 3 heterocycles. The fourth-order valence-electron chi connectivity index (χ4n) is 3.08. The van der Waals surface area contributed by atoms with Gasteiger partial charge in [-0.15, -0.1) is 5.10 Å². The summed E-state index contributed by atoms with van der Waals surface area (Å²) in [6, 6.07) is 1.14. The number of aliphatic hydroxyl groups is 1. The van der Waals surface area contributed by atoms with Crippen LogP contribution in [0.15, 0.2) is 6.07 Å². The first-order valence-corrected chi connectivity index (χ1v) is 7.87. The fraction of sp³-hybridized carbons (Fsp3) is 0.533. The Labute approximate surface area is 144 Å². The molecule has 1 aliphatic heterocycles. The number of anilines is 1. The van der Waals surface area contributed by atoms with Crippen LogP contribution in [0.5, 0.6) is 5.88 Å². The number of hydrogen-bond donors (Lipinski definition) is 4. The maximum absolute atomic E-state index is 12.3. The van der Waals surface area contributed by atoms with Crippen molar-refractivity contribution < 1.29 is 19.4 Å². The molecule has 2 atom stereocenters. The van der Waals surface area contributed by atoms with E-state index in [-0.39, 0.29) is 24.8 Å². The van der Waals surface area contributed by atoms with Crippen LogP contribution in [0.25, 0.3) is 10.9 Å². The van der Waals surface area contributed by atoms with Crippen LogP contribution in [0.4, 0.5) is 10.6 Å². The number of aromatic nitrogens is 3. The highest BCUT2D eigenvalue weighted by Gasteiger charge is 2.32. The molecular weight excluding hydrogens is 328 g/mol. The van der Waals surface area contributed by atoms with Crippen molar-refractivity contribution in [3.05, 3.63) is 11.8 Å². The fourth-order valence-corrected chi connectivity index (χ4v) is 3.08. The summed E-state index contributed by atoms with van der Waals surface area (Å²) in [4.78, 5) is 18.6. The molecular formula is C15H22N6O4. The lowest BCUT2D eigenvalue weighted by Gasteiger charge is -2.18. The Morgan fingerprint density at radius 2 is 2.28 bits per heavy atom. The van der Waals surface area contributed by atoms with E-state index in [2.05, 4.69) is 30.7 Å². The van der Waals surface area contributed by atoms with E-state index in [0.29, 0.717) is 34.8 Å². The lowest BCUT2D eigenvalue weighted by molar-refractivity contribution is 0.0940. The molecule has 10 nitrogen and oxygen atoms in total. The van der Waals surface area contributed by atoms with E-state index in [1.807, 2.05) is 7.05 Å². The number of nitrogens with one attached hydrogen (secondary N) is 3. The summed E-state index contributed by atoms with van der Waals surface area (Å²) in [5.41, 5.74) is 0.982. The second-order valence-corrected chi connectivity index (χ2v) is 5.97. The molecule has 0 aromatic carbocycles. The van der Waals surface area contributed by atoms with Gasteiger partial charge in [0, 0.05) is 26.3 Å². The molecule has 2 aromatic heterocycles. The predicted octanol–water partition coefficient (Wildman–Crippen LogP) is -0.0907. The number of pyridine rings is 1. The molecule has 0 radical (unpaired) electrons. The third-order valence-corrected chi connectivity index (χ3v) is 4.24. The zero-order valence-electron chi connectivity index (χ0n) is 14.4. The molecule has 25 heavy (non-hydrogen) atoms. The third-order valence-electron chi connectivity index (χ3n) is 4.24. The minimum Gasteiger partial charge on any atom is -0.479 e. The standard InChI is InChI=1S/C15H22N6O4/c1-21-5-9(11(6-21)24-2)17-15(23)18-12-4-8-13(10(7-22)16-12)14(25-3)20-19-8/h4,9,11,22H,5-7H2,1-3H3,(H,19,20)(H2,16,17,18,23)/t9-,11-/m1/s1. The van der Waals surface area contributed by atoms with Crippen LogP contribution in [0.2, 0.25) is 0 Å². The van der Waals surface area contributed by atoms with Crippen molar-refractivity contribution >= 4 is 22.8 Å². The van der Waals surface area contributed by atoms with Gasteiger partial charge in [-0.1, -0.05) is 0 Å². The molecule has 1 saturated heterocycles. The Balaban J connectivity index is 1.75. The Bertz CT molecular complexity index is 764. The molecule has 0 spiro atoms. The quantitative estimate of drug-likeness (QED) is 0.594. The molecule has 0 aliphatic carbocycles. The van der Waals surface area contributed by atoms with Gasteiger partial charge in [-0.05, 0) is 7.05 Å². The van der Waals surface area contributed by atoms with Crippen LogP contribution < -0.4 is 15.4 Å². The van der Waals surface area contributed by atoms with Gasteiger partial charge in [0.1, 0.15) is 5.82 Å². The topological polar surface area (TPSA) is 125 Å². The van der Waals surface area contributed by atoms with Crippen molar-refractivity contribution in [3.63, 3.8) is 0 Å². The first-order chi connectivity index (χ1) is 12.0. The van der Waals surface area contributed by atoms with Gasteiger partial charge in [-0.3, -0.25) is 10.4 Å². The number of aliphatic hydroxyl groups excluding tert-OH is 1. The van der Waals surface area contributed by atoms with Crippen molar-refractivity contribution in [3.8, 4) is 5.88 Å². The SMILES string of the molecule is COc1n[nH]c2cc(NC(=O)N[C@@H]3CN(C)C[C@H]3OC)nc(CO)c12. The van der Waals surface area contributed by atoms with Crippen LogP contribution in [-0.4, -0.2) is 77.7 Å². The highest BCUT2D eigenvalue weighted by atomic mass is 16.5. The van der Waals surface area contributed by atoms with Gasteiger partial charge in [-0.25, -0.2) is 9.78 Å². The van der Waals surface area contributed by atoms with Crippen molar-refractivity contribution in [2.45, 2.75) is 18.8 Å². The van der Waals surface area contributed by atoms with E-state index in [1.165, 1.54) is 7.11 Å². The summed E-state index contributed by atoms with van der Waals surface area (Å²) in [5, 5.41) is 22.5. The molecule has 3 rings (SSSR count). The molecule has 10 heteroatoms. The Morgan fingerprint density at radius 3 is 2.96 bits per heavy atom. The molecule has 0 bridgehead atoms. The van der Waals surface area contributed by atoms with E-state index in [1.54, 1.807) is 13.2 Å². The van der Waals surface area contributed by atoms with Crippen LogP contribution >= 0.6 is 0 Å². The third kappa shape index (κ3) is 3.50. The zero-order valence-corrected chi connectivity index (χ0v) is 14.4. The summed E-state index contributed by atoms with van der Waals surface area (Å²) in [5.74, 6) is 0.653. The number of fused-ring (bicyclic) bond motifs is 1. The number of ether oxygens (including phenoxy) is 2. The maximum Gasteiger partial charge on any atom is 0.320 e. The van der Waals surface area contributed by atoms with Gasteiger partial charge in [0.05, 0.1) is 42.5 Å². The normalized spacial score (nSPS) is 20.8. The van der Waals surface area contributed by atoms with E-state index < -0.39 is 0 Å². The molecule has 136 valence electrons. The Morgan fingerprint density at radius 1 is 1.48 bits per heavy atom. The number of rotatable bonds is 5. The van der Waals surface area contributed by atoms with Crippen molar-refractivity contribution in [1.29, 1.82) is 0 Å². The van der Waals surface area contributed by atoms with Crippen molar-refractivity contribution in [2.24, 2.45) is 0 Å². The summed E-state index contributed by atoms with van der Waals surface area (Å²) in [6.45, 7) is 1.16. The van der Waals surface area contributed by atoms with Gasteiger partial charge >= 0.3 is 6.03 Å². The Kier molecular flexibility index (Phi) is 5.02. The maximum atomic E-state index is 12.3. The average Bonchev–Trinajstić information content (AvgIpc) is 3.16. The number of methoxy groups -OCH3 is 2. The predicted molar refractivity (Wildman–Crippen MR) is 90.6 cm³/mol. The second kappa shape index (κ2) is 7.21. The van der Waals surface area contributed by atoms with Crippen LogP contribution in [0.1, 0.15) is 5.69 Å². The Hall–Kier alpha value is -2.43. The van der Waals surface area contributed by atoms with E-state index in [9.17, 15) is 9.90 Å². The number of urea groups is 1. The number of H-pyrrole nitrogens is 1. The number of aromatic amines is 1. The van der Waals surface area contributed by atoms with Crippen LogP contribution in [0, 0.1) is 0 Å². The van der Waals surface area contributed by atoms with Crippen LogP contribution in [0.3, 0.4) is 0 Å². The number of carbonyl (C=O) groups excluding carboxylic acids is 1. The second-order valence-electron chi connectivity index (χ2n) is 5.97. The van der Waals surface area contributed by atoms with Gasteiger partial charge in [-0.2, -0.15) is 0 Å². The molecule has 4 N–H and O–H groups in total. The van der Waals surface area contributed by atoms with Gasteiger partial charge in [0.25, 0.3) is 0 Å². The summed E-state index contributed by atoms with van der Waals surface area (Å²) < 4.78 is 10.5. The first kappa shape index (κ1) is 17.4. The molecule has 0 unspecified atom stereocenters. The lowest BCUT2D eigenvalue weighted by Crippen LogP contribution is -2.45. The smallest absolute Gasteiger partial charge is 0.320 e. The molecule has 1 aliphatic rings. The number of nitrogens with zero attached hydrogens (tertiary/aromatic N) is 3. The number of hydrogen-bond acceptors (Lipinski definition) is 7. The molecule has 1 fully saturated rings. The van der Waals surface area contributed by atoms with Gasteiger partial charge in [0.15, 0.2) is 0 Å². The van der Waals surface area contributed by atoms with E-state index in [0.717, 1.165) is 6.54 Å². The average molecular weight is 350 g/mol. The first-order valence-electron chi connectivity index (χ1n) is 7.87. The molecule has 2 aromatic rings. The van der Waals surface area contributed by atoms with E-state index in [4.69, 9.17) is 9.47 Å². The highest BCUT2D eigenvalue weighted by molar-refractivity contribution is 5.93. The minimum atomic E-state index is -0.385. The summed E-state index contributed by atoms with van der Waals surface area (Å²) in [6.07, 6.45) is -0.0592. The monoisotopic (exact) mass is 350 g/mol. The number of carbonyl (C=O) groups is 1. The largest absolute Gasteiger partial charge is 0.479 e. The molecule has 2 amide bonds.